The maximum Gasteiger partial charge on any atom is 0.335 e. The van der Waals surface area contributed by atoms with Gasteiger partial charge >= 0.3 is 7.60 Å². The average Bonchev–Trinajstić information content (AvgIpc) is 2.64. The fourth-order valence-electron chi connectivity index (χ4n) is 2.63. The van der Waals surface area contributed by atoms with E-state index in [1.54, 1.807) is 38.1 Å². The predicted octanol–water partition coefficient (Wildman–Crippen LogP) is 4.38. The largest absolute Gasteiger partial charge is 0.335 e. The monoisotopic (exact) mass is 426 g/mol. The zero-order chi connectivity index (χ0) is 19.7. The highest BCUT2D eigenvalue weighted by atomic mass is 35.5. The van der Waals surface area contributed by atoms with Crippen LogP contribution in [0.25, 0.3) is 0 Å². The summed E-state index contributed by atoms with van der Waals surface area (Å²) in [6.45, 7) is 4.21. The minimum Gasteiger partial charge on any atom is -0.325 e. The highest BCUT2D eigenvalue weighted by molar-refractivity contribution is 7.53. The lowest BCUT2D eigenvalue weighted by molar-refractivity contribution is -0.117. The van der Waals surface area contributed by atoms with Crippen molar-refractivity contribution in [2.45, 2.75) is 32.5 Å². The molecule has 0 heterocycles. The van der Waals surface area contributed by atoms with Gasteiger partial charge in [0.2, 0.25) is 5.91 Å². The number of carbonyl (C=O) groups excluding carboxylic acids is 1. The second kappa shape index (κ2) is 12.0. The van der Waals surface area contributed by atoms with Crippen molar-refractivity contribution in [2.24, 2.45) is 5.73 Å². The summed E-state index contributed by atoms with van der Waals surface area (Å²) >= 11 is 0. The van der Waals surface area contributed by atoms with E-state index >= 15 is 0 Å². The van der Waals surface area contributed by atoms with Gasteiger partial charge in [0.1, 0.15) is 0 Å². The predicted molar refractivity (Wildman–Crippen MR) is 115 cm³/mol. The van der Waals surface area contributed by atoms with Crippen molar-refractivity contribution in [3.05, 3.63) is 65.7 Å². The van der Waals surface area contributed by atoms with Crippen LogP contribution in [0.3, 0.4) is 0 Å². The van der Waals surface area contributed by atoms with Crippen LogP contribution in [0.4, 0.5) is 5.69 Å². The third-order valence-electron chi connectivity index (χ3n) is 3.88. The molecule has 0 saturated heterocycles. The Bertz CT molecular complexity index is 762. The summed E-state index contributed by atoms with van der Waals surface area (Å²) in [5.41, 5.74) is 8.45. The molecule has 0 aliphatic rings. The Kier molecular flexibility index (Phi) is 10.4. The molecule has 8 heteroatoms. The molecular formula is C20H28ClN2O4P. The van der Waals surface area contributed by atoms with Crippen molar-refractivity contribution in [3.8, 4) is 0 Å². The molecule has 2 aromatic carbocycles. The number of hydrogen-bond donors (Lipinski definition) is 2. The van der Waals surface area contributed by atoms with Gasteiger partial charge in [-0.2, -0.15) is 0 Å². The van der Waals surface area contributed by atoms with Crippen molar-refractivity contribution in [2.75, 3.05) is 18.5 Å². The summed E-state index contributed by atoms with van der Waals surface area (Å²) in [5, 5.41) is 2.81. The Labute approximate surface area is 172 Å². The Morgan fingerprint density at radius 2 is 1.57 bits per heavy atom. The molecule has 0 aromatic heterocycles. The molecule has 0 spiro atoms. The van der Waals surface area contributed by atoms with E-state index in [-0.39, 0.29) is 24.5 Å². The smallest absolute Gasteiger partial charge is 0.325 e. The normalized spacial score (nSPS) is 12.1. The van der Waals surface area contributed by atoms with Crippen molar-refractivity contribution in [1.29, 1.82) is 0 Å². The van der Waals surface area contributed by atoms with Gasteiger partial charge in [-0.05, 0) is 43.5 Å². The van der Waals surface area contributed by atoms with E-state index in [2.05, 4.69) is 5.32 Å². The van der Waals surface area contributed by atoms with Crippen LogP contribution in [-0.4, -0.2) is 25.2 Å². The van der Waals surface area contributed by atoms with E-state index in [1.807, 2.05) is 30.3 Å². The first kappa shape index (κ1) is 24.3. The van der Waals surface area contributed by atoms with Crippen LogP contribution in [0.5, 0.6) is 0 Å². The van der Waals surface area contributed by atoms with Crippen molar-refractivity contribution >= 4 is 31.6 Å². The quantitative estimate of drug-likeness (QED) is 0.550. The third-order valence-corrected chi connectivity index (χ3v) is 5.94. The summed E-state index contributed by atoms with van der Waals surface area (Å²) in [6.07, 6.45) is 0.660. The van der Waals surface area contributed by atoms with Gasteiger partial charge in [-0.15, -0.1) is 12.4 Å². The highest BCUT2D eigenvalue weighted by Gasteiger charge is 2.24. The second-order valence-corrected chi connectivity index (χ2v) is 8.14. The van der Waals surface area contributed by atoms with Crippen LogP contribution in [0, 0.1) is 0 Å². The molecule has 1 atom stereocenters. The van der Waals surface area contributed by atoms with Crippen LogP contribution in [0.15, 0.2) is 54.6 Å². The van der Waals surface area contributed by atoms with E-state index in [9.17, 15) is 9.36 Å². The molecule has 0 saturated carbocycles. The van der Waals surface area contributed by atoms with E-state index < -0.39 is 13.6 Å². The lowest BCUT2D eigenvalue weighted by Gasteiger charge is -2.17. The van der Waals surface area contributed by atoms with Gasteiger partial charge in [-0.25, -0.2) is 0 Å². The topological polar surface area (TPSA) is 90.7 Å². The zero-order valence-corrected chi connectivity index (χ0v) is 17.9. The van der Waals surface area contributed by atoms with Crippen LogP contribution in [0.1, 0.15) is 25.0 Å². The molecule has 0 fully saturated rings. The lowest BCUT2D eigenvalue weighted by Crippen LogP contribution is -2.37. The Balaban J connectivity index is 0.00000392. The first-order valence-corrected chi connectivity index (χ1v) is 10.8. The fourth-order valence-corrected chi connectivity index (χ4v) is 4.34. The number of nitrogens with two attached hydrogens (primary N) is 1. The summed E-state index contributed by atoms with van der Waals surface area (Å²) in [6, 6.07) is 16.1. The van der Waals surface area contributed by atoms with Gasteiger partial charge in [-0.3, -0.25) is 9.36 Å². The number of benzene rings is 2. The molecular weight excluding hydrogens is 399 g/mol. The summed E-state index contributed by atoms with van der Waals surface area (Å²) < 4.78 is 23.2. The van der Waals surface area contributed by atoms with Crippen molar-refractivity contribution in [3.63, 3.8) is 0 Å². The van der Waals surface area contributed by atoms with E-state index in [0.29, 0.717) is 25.3 Å². The first-order valence-electron chi connectivity index (χ1n) is 9.03. The van der Waals surface area contributed by atoms with Crippen LogP contribution >= 0.6 is 20.0 Å². The van der Waals surface area contributed by atoms with Crippen LogP contribution < -0.4 is 11.1 Å². The molecule has 6 nitrogen and oxygen atoms in total. The maximum atomic E-state index is 12.6. The Morgan fingerprint density at radius 1 is 1.00 bits per heavy atom. The van der Waals surface area contributed by atoms with E-state index in [1.165, 1.54) is 0 Å². The number of amides is 1. The molecule has 2 aromatic rings. The molecule has 1 amide bonds. The number of hydrogen-bond acceptors (Lipinski definition) is 5. The van der Waals surface area contributed by atoms with Gasteiger partial charge in [-0.1, -0.05) is 42.5 Å². The van der Waals surface area contributed by atoms with Gasteiger partial charge in [0.05, 0.1) is 25.4 Å². The molecule has 0 unspecified atom stereocenters. The molecule has 28 heavy (non-hydrogen) atoms. The lowest BCUT2D eigenvalue weighted by atomic mass is 10.1. The molecule has 0 bridgehead atoms. The Morgan fingerprint density at radius 3 is 2.11 bits per heavy atom. The van der Waals surface area contributed by atoms with Gasteiger partial charge < -0.3 is 20.1 Å². The van der Waals surface area contributed by atoms with Crippen LogP contribution in [0.2, 0.25) is 0 Å². The van der Waals surface area contributed by atoms with Gasteiger partial charge in [0, 0.05) is 5.69 Å². The highest BCUT2D eigenvalue weighted by Crippen LogP contribution is 2.51. The van der Waals surface area contributed by atoms with Crippen molar-refractivity contribution < 1.29 is 18.4 Å². The summed E-state index contributed by atoms with van der Waals surface area (Å²) in [5.74, 6) is -0.249. The number of halogens is 1. The minimum atomic E-state index is -3.15. The molecule has 0 aliphatic carbocycles. The summed E-state index contributed by atoms with van der Waals surface area (Å²) in [4.78, 5) is 12.3. The summed E-state index contributed by atoms with van der Waals surface area (Å²) in [7, 11) is -3.15. The zero-order valence-electron chi connectivity index (χ0n) is 16.2. The Hall–Kier alpha value is -1.69. The SMILES string of the molecule is CCOP(=O)(Cc1ccc(NC(=O)[C@@H](N)Cc2ccccc2)cc1)OCC.Cl. The van der Waals surface area contributed by atoms with Crippen LogP contribution in [-0.2, 0) is 31.0 Å². The number of carbonyl (C=O) groups is 1. The third kappa shape index (κ3) is 7.74. The minimum absolute atomic E-state index is 0. The number of rotatable bonds is 10. The molecule has 2 rings (SSSR count). The fraction of sp³-hybridized carbons (Fsp3) is 0.350. The average molecular weight is 427 g/mol. The molecule has 3 N–H and O–H groups in total. The number of nitrogens with one attached hydrogen (secondary N) is 1. The second-order valence-electron chi connectivity index (χ2n) is 6.09. The standard InChI is InChI=1S/C20H27N2O4P.ClH/c1-3-25-27(24,26-4-2)15-17-10-12-18(13-11-17)22-20(23)19(21)14-16-8-6-5-7-9-16;/h5-13,19H,3-4,14-15,21H2,1-2H3,(H,22,23);1H/t19-;/m0./s1. The van der Waals surface area contributed by atoms with E-state index in [4.69, 9.17) is 14.8 Å². The molecule has 0 aliphatic heterocycles. The first-order chi connectivity index (χ1) is 13.0. The van der Waals surface area contributed by atoms with Crippen molar-refractivity contribution in [1.82, 2.24) is 0 Å². The van der Waals surface area contributed by atoms with Gasteiger partial charge in [0.15, 0.2) is 0 Å². The number of anilines is 1. The van der Waals surface area contributed by atoms with Gasteiger partial charge in [0.25, 0.3) is 0 Å². The molecule has 154 valence electrons. The van der Waals surface area contributed by atoms with E-state index in [0.717, 1.165) is 11.1 Å². The molecule has 0 radical (unpaired) electrons. The maximum absolute atomic E-state index is 12.6.